The van der Waals surface area contributed by atoms with E-state index in [-0.39, 0.29) is 11.8 Å². The van der Waals surface area contributed by atoms with Crippen molar-refractivity contribution in [3.05, 3.63) is 29.8 Å². The first kappa shape index (κ1) is 11.8. The normalized spacial score (nSPS) is 19.1. The van der Waals surface area contributed by atoms with Crippen molar-refractivity contribution in [2.24, 2.45) is 0 Å². The molecule has 1 saturated heterocycles. The van der Waals surface area contributed by atoms with Crippen LogP contribution in [0.3, 0.4) is 0 Å². The highest BCUT2D eigenvalue weighted by atomic mass is 19.1. The van der Waals surface area contributed by atoms with E-state index < -0.39 is 17.7 Å². The molecular formula is C11H12F2N2O2. The van der Waals surface area contributed by atoms with Gasteiger partial charge in [0.25, 0.3) is 0 Å². The molecule has 1 unspecified atom stereocenters. The first-order valence-electron chi connectivity index (χ1n) is 5.29. The van der Waals surface area contributed by atoms with Crippen molar-refractivity contribution in [2.45, 2.75) is 12.5 Å². The van der Waals surface area contributed by atoms with Crippen molar-refractivity contribution >= 4 is 6.09 Å². The van der Waals surface area contributed by atoms with Gasteiger partial charge in [0.1, 0.15) is 5.82 Å². The largest absolute Gasteiger partial charge is 0.412 e. The number of halogens is 2. The molecule has 0 bridgehead atoms. The minimum atomic E-state index is -0.898. The Morgan fingerprint density at radius 1 is 1.47 bits per heavy atom. The quantitative estimate of drug-likeness (QED) is 0.824. The minimum Gasteiger partial charge on any atom is -0.407 e. The lowest BCUT2D eigenvalue weighted by molar-refractivity contribution is 0.194. The number of carbonyl (C=O) groups is 1. The van der Waals surface area contributed by atoms with Crippen LogP contribution in [0.2, 0.25) is 0 Å². The molecule has 1 amide bonds. The average molecular weight is 242 g/mol. The van der Waals surface area contributed by atoms with Crippen molar-refractivity contribution in [2.75, 3.05) is 13.1 Å². The van der Waals surface area contributed by atoms with Gasteiger partial charge in [0.2, 0.25) is 0 Å². The highest BCUT2D eigenvalue weighted by molar-refractivity contribution is 5.70. The van der Waals surface area contributed by atoms with Crippen LogP contribution in [0.25, 0.3) is 0 Å². The van der Waals surface area contributed by atoms with E-state index in [4.69, 9.17) is 4.74 Å². The third-order valence-corrected chi connectivity index (χ3v) is 2.48. The van der Waals surface area contributed by atoms with Gasteiger partial charge in [-0.15, -0.1) is 0 Å². The van der Waals surface area contributed by atoms with Gasteiger partial charge in [-0.2, -0.15) is 0 Å². The zero-order chi connectivity index (χ0) is 12.3. The van der Waals surface area contributed by atoms with Gasteiger partial charge < -0.3 is 15.4 Å². The summed E-state index contributed by atoms with van der Waals surface area (Å²) in [6.07, 6.45) is 0.0743. The van der Waals surface area contributed by atoms with Crippen LogP contribution < -0.4 is 15.4 Å². The van der Waals surface area contributed by atoms with E-state index in [9.17, 15) is 13.6 Å². The van der Waals surface area contributed by atoms with Crippen LogP contribution in [-0.2, 0) is 0 Å². The van der Waals surface area contributed by atoms with Gasteiger partial charge >= 0.3 is 6.09 Å². The summed E-state index contributed by atoms with van der Waals surface area (Å²) in [5.74, 6) is -1.89. The van der Waals surface area contributed by atoms with Gasteiger partial charge in [-0.3, -0.25) is 0 Å². The summed E-state index contributed by atoms with van der Waals surface area (Å²) in [4.78, 5) is 11.4. The molecule has 1 aromatic carbocycles. The first-order chi connectivity index (χ1) is 8.15. The molecule has 0 radical (unpaired) electrons. The molecule has 0 aliphatic carbocycles. The van der Waals surface area contributed by atoms with E-state index in [0.717, 1.165) is 25.1 Å². The van der Waals surface area contributed by atoms with Gasteiger partial charge in [0.15, 0.2) is 11.6 Å². The molecule has 2 rings (SSSR count). The van der Waals surface area contributed by atoms with Gasteiger partial charge in [-0.25, -0.2) is 13.6 Å². The highest BCUT2D eigenvalue weighted by Gasteiger charge is 2.18. The van der Waals surface area contributed by atoms with E-state index in [0.29, 0.717) is 12.6 Å². The van der Waals surface area contributed by atoms with Crippen LogP contribution in [-0.4, -0.2) is 25.2 Å². The Kier molecular flexibility index (Phi) is 3.53. The number of rotatable bonds is 2. The number of carbonyl (C=O) groups excluding carboxylic acids is 1. The van der Waals surface area contributed by atoms with E-state index >= 15 is 0 Å². The number of hydrogen-bond acceptors (Lipinski definition) is 3. The second-order valence-electron chi connectivity index (χ2n) is 3.80. The highest BCUT2D eigenvalue weighted by Crippen LogP contribution is 2.17. The Balaban J connectivity index is 1.93. The van der Waals surface area contributed by atoms with Gasteiger partial charge in [0, 0.05) is 18.7 Å². The topological polar surface area (TPSA) is 50.4 Å². The smallest absolute Gasteiger partial charge is 0.407 e. The molecule has 2 N–H and O–H groups in total. The third-order valence-electron chi connectivity index (χ3n) is 2.48. The zero-order valence-corrected chi connectivity index (χ0v) is 9.00. The molecule has 1 heterocycles. The molecular weight excluding hydrogens is 230 g/mol. The number of nitrogens with one attached hydrogen (secondary N) is 2. The lowest BCUT2D eigenvalue weighted by atomic mass is 10.3. The molecule has 0 aromatic heterocycles. The lowest BCUT2D eigenvalue weighted by Gasteiger charge is -2.11. The molecule has 1 aliphatic rings. The predicted molar refractivity (Wildman–Crippen MR) is 56.8 cm³/mol. The summed E-state index contributed by atoms with van der Waals surface area (Å²) in [5, 5.41) is 5.65. The number of benzene rings is 1. The van der Waals surface area contributed by atoms with Gasteiger partial charge in [0.05, 0.1) is 0 Å². The molecule has 1 aliphatic heterocycles. The van der Waals surface area contributed by atoms with Crippen molar-refractivity contribution < 1.29 is 18.3 Å². The lowest BCUT2D eigenvalue weighted by Crippen LogP contribution is -2.38. The Bertz CT molecular complexity index is 420. The van der Waals surface area contributed by atoms with Crippen LogP contribution in [0.1, 0.15) is 6.42 Å². The number of hydrogen-bond donors (Lipinski definition) is 2. The molecule has 0 saturated carbocycles. The fourth-order valence-electron chi connectivity index (χ4n) is 1.63. The molecule has 4 nitrogen and oxygen atoms in total. The van der Waals surface area contributed by atoms with Gasteiger partial charge in [-0.05, 0) is 25.1 Å². The van der Waals surface area contributed by atoms with Crippen molar-refractivity contribution in [3.63, 3.8) is 0 Å². The summed E-state index contributed by atoms with van der Waals surface area (Å²) >= 11 is 0. The summed E-state index contributed by atoms with van der Waals surface area (Å²) in [5.41, 5.74) is 0. The third kappa shape index (κ3) is 3.13. The summed E-state index contributed by atoms with van der Waals surface area (Å²) in [6, 6.07) is 2.77. The Labute approximate surface area is 97.0 Å². The summed E-state index contributed by atoms with van der Waals surface area (Å²) < 4.78 is 30.5. The number of ether oxygens (including phenoxy) is 1. The second-order valence-corrected chi connectivity index (χ2v) is 3.80. The van der Waals surface area contributed by atoms with Crippen LogP contribution >= 0.6 is 0 Å². The summed E-state index contributed by atoms with van der Waals surface area (Å²) in [6.45, 7) is 1.50. The van der Waals surface area contributed by atoms with Crippen LogP contribution in [0.15, 0.2) is 18.2 Å². The van der Waals surface area contributed by atoms with Crippen LogP contribution in [0, 0.1) is 11.6 Å². The molecule has 1 atom stereocenters. The maximum absolute atomic E-state index is 13.2. The maximum atomic E-state index is 13.2. The fourth-order valence-corrected chi connectivity index (χ4v) is 1.63. The van der Waals surface area contributed by atoms with Crippen molar-refractivity contribution in [1.82, 2.24) is 10.6 Å². The standard InChI is InChI=1S/C11H12F2N2O2/c12-7-1-2-10(9(13)5-7)17-11(16)15-8-3-4-14-6-8/h1-2,5,8,14H,3-4,6H2,(H,15,16). The van der Waals surface area contributed by atoms with E-state index in [1.807, 2.05) is 0 Å². The molecule has 17 heavy (non-hydrogen) atoms. The zero-order valence-electron chi connectivity index (χ0n) is 9.00. The maximum Gasteiger partial charge on any atom is 0.412 e. The number of amides is 1. The van der Waals surface area contributed by atoms with Crippen LogP contribution in [0.4, 0.5) is 13.6 Å². The molecule has 0 spiro atoms. The van der Waals surface area contributed by atoms with E-state index in [1.165, 1.54) is 0 Å². The molecule has 1 aromatic rings. The fraction of sp³-hybridized carbons (Fsp3) is 0.364. The Morgan fingerprint density at radius 2 is 2.29 bits per heavy atom. The minimum absolute atomic E-state index is 0.00832. The summed E-state index contributed by atoms with van der Waals surface area (Å²) in [7, 11) is 0. The molecule has 6 heteroatoms. The Hall–Kier alpha value is -1.69. The van der Waals surface area contributed by atoms with E-state index in [2.05, 4.69) is 10.6 Å². The SMILES string of the molecule is O=C(NC1CCNC1)Oc1ccc(F)cc1F. The monoisotopic (exact) mass is 242 g/mol. The van der Waals surface area contributed by atoms with Crippen molar-refractivity contribution in [3.8, 4) is 5.75 Å². The molecule has 92 valence electrons. The Morgan fingerprint density at radius 3 is 2.94 bits per heavy atom. The predicted octanol–water partition coefficient (Wildman–Crippen LogP) is 1.42. The first-order valence-corrected chi connectivity index (χ1v) is 5.29. The second kappa shape index (κ2) is 5.09. The average Bonchev–Trinajstić information content (AvgIpc) is 2.75. The van der Waals surface area contributed by atoms with Crippen molar-refractivity contribution in [1.29, 1.82) is 0 Å². The van der Waals surface area contributed by atoms with E-state index in [1.54, 1.807) is 0 Å². The van der Waals surface area contributed by atoms with Crippen LogP contribution in [0.5, 0.6) is 5.75 Å². The molecule has 1 fully saturated rings. The van der Waals surface area contributed by atoms with Gasteiger partial charge in [-0.1, -0.05) is 0 Å².